The second-order valence-electron chi connectivity index (χ2n) is 5.97. The Morgan fingerprint density at radius 3 is 1.04 bits per heavy atom. The minimum Gasteiger partial charge on any atom is -0.312 e. The zero-order valence-corrected chi connectivity index (χ0v) is 15.3. The number of rotatable bonds is 5. The molecule has 4 aromatic carbocycles. The molecule has 0 bridgehead atoms. The summed E-state index contributed by atoms with van der Waals surface area (Å²) in [5.41, 5.74) is 2.41. The second kappa shape index (κ2) is 7.99. The van der Waals surface area contributed by atoms with Crippen molar-refractivity contribution in [1.29, 1.82) is 0 Å². The van der Waals surface area contributed by atoms with Gasteiger partial charge in [-0.1, -0.05) is 97.1 Å². The summed E-state index contributed by atoms with van der Waals surface area (Å²) >= 11 is 0. The van der Waals surface area contributed by atoms with E-state index in [1.807, 2.05) is 0 Å². The third-order valence-corrected chi connectivity index (χ3v) is 6.64. The van der Waals surface area contributed by atoms with Gasteiger partial charge in [0, 0.05) is 22.0 Å². The first-order valence-electron chi connectivity index (χ1n) is 8.74. The first-order chi connectivity index (χ1) is 12.9. The fraction of sp³-hybridized carbons (Fsp3) is 0. The highest BCUT2D eigenvalue weighted by Crippen LogP contribution is 2.47. The molecule has 0 aliphatic heterocycles. The van der Waals surface area contributed by atoms with E-state index < -0.39 is 8.07 Å². The van der Waals surface area contributed by atoms with Crippen molar-refractivity contribution >= 4 is 30.1 Å². The summed E-state index contributed by atoms with van der Waals surface area (Å²) in [5.74, 6) is 0. The quantitative estimate of drug-likeness (QED) is 0.405. The summed E-state index contributed by atoms with van der Waals surface area (Å²) in [4.78, 5) is 0. The molecule has 0 aromatic heterocycles. The van der Waals surface area contributed by atoms with Gasteiger partial charge in [0.05, 0.1) is 8.07 Å². The van der Waals surface area contributed by atoms with E-state index >= 15 is 0 Å². The van der Waals surface area contributed by atoms with Crippen molar-refractivity contribution in [3.63, 3.8) is 0 Å². The molecule has 0 aliphatic rings. The van der Waals surface area contributed by atoms with Crippen LogP contribution < -0.4 is 15.3 Å². The van der Waals surface area contributed by atoms with E-state index in [4.69, 9.17) is 0 Å². The Balaban J connectivity index is 1.93. The first-order valence-corrected chi connectivity index (χ1v) is 10.0. The predicted octanol–water partition coefficient (Wildman–Crippen LogP) is 5.87. The molecule has 0 amide bonds. The van der Waals surface area contributed by atoms with Crippen LogP contribution in [0.5, 0.6) is 0 Å². The van der Waals surface area contributed by atoms with Gasteiger partial charge in [-0.05, 0) is 24.3 Å². The van der Waals surface area contributed by atoms with E-state index in [2.05, 4.69) is 126 Å². The molecule has 0 spiro atoms. The molecule has 0 aliphatic carbocycles. The van der Waals surface area contributed by atoms with Crippen LogP contribution in [-0.2, 0) is 0 Å². The van der Waals surface area contributed by atoms with Gasteiger partial charge in [0.15, 0.2) is 0 Å². The van der Waals surface area contributed by atoms with Crippen LogP contribution in [0, 0.1) is 0 Å². The Kier molecular flexibility index (Phi) is 5.09. The fourth-order valence-corrected chi connectivity index (χ4v) is 5.43. The van der Waals surface area contributed by atoms with Crippen molar-refractivity contribution < 1.29 is 0 Å². The first kappa shape index (κ1) is 16.6. The minimum atomic E-state index is -0.734. The van der Waals surface area contributed by atoms with E-state index in [9.17, 15) is 0 Å². The number of benzene rings is 4. The number of hydrogen-bond acceptors (Lipinski definition) is 1. The molecular weight excluding hydrogens is 333 g/mol. The van der Waals surface area contributed by atoms with E-state index in [0.717, 1.165) is 0 Å². The molecular formula is C24H20NP. The van der Waals surface area contributed by atoms with Crippen LogP contribution >= 0.6 is 8.07 Å². The maximum absolute atomic E-state index is 2.47. The summed E-state index contributed by atoms with van der Waals surface area (Å²) in [7, 11) is -0.734. The van der Waals surface area contributed by atoms with Gasteiger partial charge in [0.1, 0.15) is 0 Å². The highest BCUT2D eigenvalue weighted by Gasteiger charge is 2.24. The predicted molar refractivity (Wildman–Crippen MR) is 114 cm³/mol. The Morgan fingerprint density at radius 2 is 0.692 bits per heavy atom. The molecule has 1 nitrogen and oxygen atoms in total. The van der Waals surface area contributed by atoms with Gasteiger partial charge in [0.25, 0.3) is 0 Å². The molecule has 0 radical (unpaired) electrons. The fourth-order valence-electron chi connectivity index (χ4n) is 3.04. The molecule has 2 heteroatoms. The van der Waals surface area contributed by atoms with E-state index in [0.29, 0.717) is 0 Å². The smallest absolute Gasteiger partial charge is 0.0598 e. The highest BCUT2D eigenvalue weighted by atomic mass is 31.1. The van der Waals surface area contributed by atoms with Crippen LogP contribution in [0.1, 0.15) is 0 Å². The zero-order chi connectivity index (χ0) is 17.6. The lowest BCUT2D eigenvalue weighted by atomic mass is 10.3. The van der Waals surface area contributed by atoms with Crippen LogP contribution in [-0.4, -0.2) is 0 Å². The molecule has 4 aromatic rings. The molecule has 0 heterocycles. The Labute approximate surface area is 156 Å². The van der Waals surface area contributed by atoms with E-state index in [1.165, 1.54) is 22.0 Å². The summed E-state index contributed by atoms with van der Waals surface area (Å²) in [6.07, 6.45) is 0. The molecule has 0 fully saturated rings. The molecule has 26 heavy (non-hydrogen) atoms. The van der Waals surface area contributed by atoms with Gasteiger partial charge in [-0.3, -0.25) is 0 Å². The van der Waals surface area contributed by atoms with E-state index in [1.54, 1.807) is 0 Å². The van der Waals surface area contributed by atoms with Crippen molar-refractivity contribution in [2.75, 3.05) is 4.67 Å². The highest BCUT2D eigenvalue weighted by molar-refractivity contribution is 7.74. The molecule has 126 valence electrons. The molecule has 0 saturated heterocycles. The number of para-hydroxylation sites is 2. The van der Waals surface area contributed by atoms with Crippen LogP contribution in [0.4, 0.5) is 11.4 Å². The number of nitrogens with zero attached hydrogens (tertiary/aromatic N) is 1. The Morgan fingerprint density at radius 1 is 0.385 bits per heavy atom. The summed E-state index contributed by atoms with van der Waals surface area (Å²) < 4.78 is 2.47. The third kappa shape index (κ3) is 3.54. The summed E-state index contributed by atoms with van der Waals surface area (Å²) in [6.45, 7) is 0. The van der Waals surface area contributed by atoms with Gasteiger partial charge in [-0.2, -0.15) is 0 Å². The lowest BCUT2D eigenvalue weighted by Crippen LogP contribution is -2.25. The maximum atomic E-state index is 2.47. The average Bonchev–Trinajstić information content (AvgIpc) is 2.74. The summed E-state index contributed by atoms with van der Waals surface area (Å²) in [6, 6.07) is 42.9. The van der Waals surface area contributed by atoms with Crippen molar-refractivity contribution in [2.45, 2.75) is 0 Å². The monoisotopic (exact) mass is 353 g/mol. The SMILES string of the molecule is c1ccc(N(c2ccccc2)P(c2ccccc2)c2ccccc2)cc1. The van der Waals surface area contributed by atoms with Crippen molar-refractivity contribution in [3.8, 4) is 0 Å². The van der Waals surface area contributed by atoms with E-state index in [-0.39, 0.29) is 0 Å². The molecule has 0 unspecified atom stereocenters. The van der Waals surface area contributed by atoms with Gasteiger partial charge < -0.3 is 4.67 Å². The van der Waals surface area contributed by atoms with Gasteiger partial charge in [-0.15, -0.1) is 0 Å². The normalized spacial score (nSPS) is 10.7. The standard InChI is InChI=1S/C24H20NP/c1-5-13-21(14-6-1)25(22-15-7-2-8-16-22)26(23-17-9-3-10-18-23)24-19-11-4-12-20-24/h1-20H. The average molecular weight is 353 g/mol. The van der Waals surface area contributed by atoms with Gasteiger partial charge in [-0.25, -0.2) is 0 Å². The van der Waals surface area contributed by atoms with Crippen LogP contribution in [0.15, 0.2) is 121 Å². The molecule has 0 atom stereocenters. The maximum Gasteiger partial charge on any atom is 0.0598 e. The largest absolute Gasteiger partial charge is 0.312 e. The van der Waals surface area contributed by atoms with Gasteiger partial charge in [0.2, 0.25) is 0 Å². The third-order valence-electron chi connectivity index (χ3n) is 4.20. The summed E-state index contributed by atoms with van der Waals surface area (Å²) in [5, 5.41) is 2.67. The topological polar surface area (TPSA) is 3.24 Å². The Hall–Kier alpha value is -2.89. The number of hydrogen-bond donors (Lipinski definition) is 0. The van der Waals surface area contributed by atoms with Crippen LogP contribution in [0.25, 0.3) is 0 Å². The molecule has 4 rings (SSSR count). The second-order valence-corrected chi connectivity index (χ2v) is 8.02. The van der Waals surface area contributed by atoms with Crippen molar-refractivity contribution in [1.82, 2.24) is 0 Å². The lowest BCUT2D eigenvalue weighted by Gasteiger charge is -2.34. The van der Waals surface area contributed by atoms with Gasteiger partial charge >= 0.3 is 0 Å². The zero-order valence-electron chi connectivity index (χ0n) is 14.4. The molecule has 0 saturated carbocycles. The van der Waals surface area contributed by atoms with Crippen LogP contribution in [0.3, 0.4) is 0 Å². The lowest BCUT2D eigenvalue weighted by molar-refractivity contribution is 1.41. The Bertz CT molecular complexity index is 765. The minimum absolute atomic E-state index is 0.734. The van der Waals surface area contributed by atoms with Crippen molar-refractivity contribution in [3.05, 3.63) is 121 Å². The van der Waals surface area contributed by atoms with Crippen molar-refractivity contribution in [2.24, 2.45) is 0 Å². The molecule has 0 N–H and O–H groups in total. The van der Waals surface area contributed by atoms with Crippen LogP contribution in [0.2, 0.25) is 0 Å². The number of anilines is 2.